The number of carboxylic acids is 1. The molecule has 0 bridgehead atoms. The van der Waals surface area contributed by atoms with E-state index in [4.69, 9.17) is 0 Å². The molecule has 8 heteroatoms. The molecule has 1 aliphatic rings. The summed E-state index contributed by atoms with van der Waals surface area (Å²) >= 11 is 0. The largest absolute Gasteiger partial charge is 0.480 e. The van der Waals surface area contributed by atoms with Crippen LogP contribution >= 0.6 is 0 Å². The Hall–Kier alpha value is -1.93. The topological polar surface area (TPSA) is 104 Å². The van der Waals surface area contributed by atoms with Gasteiger partial charge in [0.25, 0.3) is 0 Å². The third-order valence-corrected chi connectivity index (χ3v) is 6.07. The van der Waals surface area contributed by atoms with Crippen molar-refractivity contribution in [3.63, 3.8) is 0 Å². The van der Waals surface area contributed by atoms with Crippen molar-refractivity contribution in [3.05, 3.63) is 35.9 Å². The van der Waals surface area contributed by atoms with Crippen molar-refractivity contribution in [3.8, 4) is 0 Å². The molecule has 1 aromatic carbocycles. The minimum Gasteiger partial charge on any atom is -0.480 e. The fourth-order valence-electron chi connectivity index (χ4n) is 3.31. The molecule has 0 saturated carbocycles. The average molecular weight is 382 g/mol. The van der Waals surface area contributed by atoms with Crippen LogP contribution in [0.5, 0.6) is 0 Å². The Bertz CT molecular complexity index is 720. The van der Waals surface area contributed by atoms with Crippen LogP contribution in [0.2, 0.25) is 0 Å². The summed E-state index contributed by atoms with van der Waals surface area (Å²) in [4.78, 5) is 24.9. The lowest BCUT2D eigenvalue weighted by Crippen LogP contribution is -2.46. The molecule has 144 valence electrons. The van der Waals surface area contributed by atoms with Crippen LogP contribution in [0.25, 0.3) is 0 Å². The van der Waals surface area contributed by atoms with E-state index in [9.17, 15) is 23.1 Å². The molecular weight excluding hydrogens is 356 g/mol. The summed E-state index contributed by atoms with van der Waals surface area (Å²) in [6.45, 7) is 2.14. The highest BCUT2D eigenvalue weighted by Gasteiger charge is 2.28. The van der Waals surface area contributed by atoms with Gasteiger partial charge in [-0.05, 0) is 37.7 Å². The number of carbonyl (C=O) groups excluding carboxylic acids is 1. The first-order chi connectivity index (χ1) is 12.3. The molecule has 1 aliphatic heterocycles. The van der Waals surface area contributed by atoms with E-state index in [2.05, 4.69) is 4.72 Å². The third kappa shape index (κ3) is 6.10. The van der Waals surface area contributed by atoms with Crippen molar-refractivity contribution in [2.24, 2.45) is 0 Å². The number of nitrogens with zero attached hydrogens (tertiary/aromatic N) is 1. The van der Waals surface area contributed by atoms with E-state index in [0.29, 0.717) is 13.0 Å². The van der Waals surface area contributed by atoms with Gasteiger partial charge < -0.3 is 10.0 Å². The lowest BCUT2D eigenvalue weighted by atomic mass is 10.00. The number of aliphatic carboxylic acids is 1. The number of carboxylic acid groups (broad SMARTS) is 1. The van der Waals surface area contributed by atoms with Crippen LogP contribution in [0.15, 0.2) is 30.3 Å². The van der Waals surface area contributed by atoms with Crippen molar-refractivity contribution in [1.82, 2.24) is 9.62 Å². The first-order valence-corrected chi connectivity index (χ1v) is 10.5. The van der Waals surface area contributed by atoms with Gasteiger partial charge in [-0.3, -0.25) is 9.59 Å². The van der Waals surface area contributed by atoms with Gasteiger partial charge in [-0.15, -0.1) is 0 Å². The molecule has 1 heterocycles. The van der Waals surface area contributed by atoms with Gasteiger partial charge in [0.15, 0.2) is 0 Å². The second-order valence-corrected chi connectivity index (χ2v) is 8.54. The molecule has 1 aromatic rings. The number of nitrogens with one attached hydrogen (secondary N) is 1. The predicted octanol–water partition coefficient (Wildman–Crippen LogP) is 1.39. The summed E-state index contributed by atoms with van der Waals surface area (Å²) in [5.74, 6) is -1.45. The zero-order valence-electron chi connectivity index (χ0n) is 14.9. The highest BCUT2D eigenvalue weighted by Crippen LogP contribution is 2.20. The Morgan fingerprint density at radius 3 is 2.58 bits per heavy atom. The number of rotatable bonds is 8. The molecule has 1 fully saturated rings. The third-order valence-electron chi connectivity index (χ3n) is 4.65. The summed E-state index contributed by atoms with van der Waals surface area (Å²) in [6, 6.07) is 7.58. The lowest BCUT2D eigenvalue weighted by molar-refractivity contribution is -0.139. The zero-order chi connectivity index (χ0) is 19.2. The minimum atomic E-state index is -3.76. The van der Waals surface area contributed by atoms with Crippen LogP contribution < -0.4 is 4.72 Å². The highest BCUT2D eigenvalue weighted by molar-refractivity contribution is 7.89. The van der Waals surface area contributed by atoms with E-state index in [1.807, 2.05) is 6.07 Å². The van der Waals surface area contributed by atoms with Crippen LogP contribution in [-0.2, 0) is 26.0 Å². The van der Waals surface area contributed by atoms with E-state index >= 15 is 0 Å². The second kappa shape index (κ2) is 9.14. The summed E-state index contributed by atoms with van der Waals surface area (Å²) in [6.07, 6.45) is 3.07. The fourth-order valence-corrected chi connectivity index (χ4v) is 4.63. The monoisotopic (exact) mass is 382 g/mol. The van der Waals surface area contributed by atoms with Crippen molar-refractivity contribution >= 4 is 21.9 Å². The number of benzene rings is 1. The first-order valence-electron chi connectivity index (χ1n) is 8.82. The number of hydrogen-bond donors (Lipinski definition) is 2. The number of piperidine rings is 1. The van der Waals surface area contributed by atoms with E-state index in [1.165, 1.54) is 6.92 Å². The second-order valence-electron chi connectivity index (χ2n) is 6.67. The van der Waals surface area contributed by atoms with Gasteiger partial charge in [0.05, 0.1) is 5.75 Å². The first kappa shape index (κ1) is 20.4. The van der Waals surface area contributed by atoms with Crippen LogP contribution in [0.3, 0.4) is 0 Å². The molecule has 0 aliphatic carbocycles. The average Bonchev–Trinajstić information content (AvgIpc) is 2.60. The van der Waals surface area contributed by atoms with Crippen LogP contribution in [-0.4, -0.2) is 54.7 Å². The van der Waals surface area contributed by atoms with E-state index in [-0.39, 0.29) is 24.1 Å². The van der Waals surface area contributed by atoms with Gasteiger partial charge in [-0.2, -0.15) is 0 Å². The normalized spacial score (nSPS) is 19.1. The van der Waals surface area contributed by atoms with Crippen molar-refractivity contribution in [2.45, 2.75) is 51.1 Å². The van der Waals surface area contributed by atoms with Crippen LogP contribution in [0.1, 0.15) is 38.2 Å². The van der Waals surface area contributed by atoms with Crippen molar-refractivity contribution in [1.29, 1.82) is 0 Å². The summed E-state index contributed by atoms with van der Waals surface area (Å²) < 4.78 is 27.0. The van der Waals surface area contributed by atoms with Crippen molar-refractivity contribution < 1.29 is 23.1 Å². The number of hydrogen-bond acceptors (Lipinski definition) is 4. The predicted molar refractivity (Wildman–Crippen MR) is 98.1 cm³/mol. The fraction of sp³-hybridized carbons (Fsp3) is 0.556. The van der Waals surface area contributed by atoms with Crippen LogP contribution in [0, 0.1) is 0 Å². The SMILES string of the molecule is CC(=O)N1CCCCC1CCS(=O)(=O)N[C@@H](Cc1ccccc1)C(=O)O. The van der Waals surface area contributed by atoms with Crippen LogP contribution in [0.4, 0.5) is 0 Å². The molecule has 7 nitrogen and oxygen atoms in total. The standard InChI is InChI=1S/C18H26N2O5S/c1-14(21)20-11-6-5-9-16(20)10-12-26(24,25)19-17(18(22)23)13-15-7-3-2-4-8-15/h2-4,7-8,16-17,19H,5-6,9-13H2,1H3,(H,22,23)/t16?,17-/m0/s1. The molecule has 1 unspecified atom stereocenters. The maximum Gasteiger partial charge on any atom is 0.322 e. The maximum absolute atomic E-state index is 12.4. The minimum absolute atomic E-state index is 0.0486. The number of amides is 1. The van der Waals surface area contributed by atoms with E-state index < -0.39 is 22.0 Å². The smallest absolute Gasteiger partial charge is 0.322 e. The highest BCUT2D eigenvalue weighted by atomic mass is 32.2. The molecule has 2 rings (SSSR count). The Balaban J connectivity index is 1.97. The molecular formula is C18H26N2O5S. The molecule has 0 aromatic heterocycles. The maximum atomic E-state index is 12.4. The summed E-state index contributed by atoms with van der Waals surface area (Å²) in [5, 5.41) is 9.35. The van der Waals surface area contributed by atoms with Gasteiger partial charge in [0, 0.05) is 19.5 Å². The van der Waals surface area contributed by atoms with Crippen molar-refractivity contribution in [2.75, 3.05) is 12.3 Å². The lowest BCUT2D eigenvalue weighted by Gasteiger charge is -2.35. The number of likely N-dealkylation sites (tertiary alicyclic amines) is 1. The van der Waals surface area contributed by atoms with Gasteiger partial charge >= 0.3 is 5.97 Å². The quantitative estimate of drug-likeness (QED) is 0.707. The van der Waals surface area contributed by atoms with E-state index in [1.54, 1.807) is 29.2 Å². The molecule has 1 saturated heterocycles. The number of carbonyl (C=O) groups is 2. The Morgan fingerprint density at radius 2 is 1.96 bits per heavy atom. The van der Waals surface area contributed by atoms with E-state index in [0.717, 1.165) is 24.8 Å². The van der Waals surface area contributed by atoms with Gasteiger partial charge in [-0.25, -0.2) is 13.1 Å². The molecule has 2 N–H and O–H groups in total. The van der Waals surface area contributed by atoms with Gasteiger partial charge in [0.2, 0.25) is 15.9 Å². The molecule has 0 radical (unpaired) electrons. The molecule has 2 atom stereocenters. The van der Waals surface area contributed by atoms with Gasteiger partial charge in [0.1, 0.15) is 6.04 Å². The Kier molecular flexibility index (Phi) is 7.16. The Morgan fingerprint density at radius 1 is 1.27 bits per heavy atom. The molecule has 0 spiro atoms. The zero-order valence-corrected chi connectivity index (χ0v) is 15.7. The molecule has 26 heavy (non-hydrogen) atoms. The number of sulfonamides is 1. The summed E-state index contributed by atoms with van der Waals surface area (Å²) in [5.41, 5.74) is 0.748. The van der Waals surface area contributed by atoms with Gasteiger partial charge in [-0.1, -0.05) is 30.3 Å². The molecule has 1 amide bonds. The Labute approximate surface area is 154 Å². The summed E-state index contributed by atoms with van der Waals surface area (Å²) in [7, 11) is -3.76.